The molecule has 0 aliphatic rings. The Balaban J connectivity index is 3.63. The maximum Gasteiger partial charge on any atom is 0.0700 e. The van der Waals surface area contributed by atoms with Crippen LogP contribution in [0.15, 0.2) is 36.0 Å². The molecule has 15 heavy (non-hydrogen) atoms. The molecular weight excluding hydrogens is 188 g/mol. The van der Waals surface area contributed by atoms with Crippen LogP contribution in [-0.2, 0) is 9.47 Å². The predicted molar refractivity (Wildman–Crippen MR) is 65.0 cm³/mol. The summed E-state index contributed by atoms with van der Waals surface area (Å²) in [6.45, 7) is 6.15. The highest BCUT2D eigenvalue weighted by atomic mass is 16.5. The van der Waals surface area contributed by atoms with Gasteiger partial charge in [0.1, 0.15) is 0 Å². The van der Waals surface area contributed by atoms with E-state index >= 15 is 0 Å². The van der Waals surface area contributed by atoms with E-state index in [0.29, 0.717) is 13.2 Å². The molecule has 0 saturated carbocycles. The van der Waals surface area contributed by atoms with Crippen LogP contribution in [-0.4, -0.2) is 26.9 Å². The van der Waals surface area contributed by atoms with Gasteiger partial charge in [-0.1, -0.05) is 36.0 Å². The van der Waals surface area contributed by atoms with E-state index in [4.69, 9.17) is 9.47 Å². The van der Waals surface area contributed by atoms with Crippen LogP contribution in [0.3, 0.4) is 0 Å². The molecule has 0 fully saturated rings. The van der Waals surface area contributed by atoms with Gasteiger partial charge in [0, 0.05) is 7.11 Å². The van der Waals surface area contributed by atoms with Gasteiger partial charge in [-0.2, -0.15) is 0 Å². The van der Waals surface area contributed by atoms with Crippen LogP contribution in [0.2, 0.25) is 0 Å². The van der Waals surface area contributed by atoms with Gasteiger partial charge in [0.25, 0.3) is 0 Å². The second-order valence-electron chi connectivity index (χ2n) is 3.10. The highest BCUT2D eigenvalue weighted by molar-refractivity contribution is 5.21. The van der Waals surface area contributed by atoms with E-state index in [1.165, 1.54) is 5.57 Å². The Bertz CT molecular complexity index is 215. The molecule has 0 unspecified atom stereocenters. The van der Waals surface area contributed by atoms with Crippen LogP contribution >= 0.6 is 0 Å². The van der Waals surface area contributed by atoms with Crippen LogP contribution in [0.25, 0.3) is 0 Å². The van der Waals surface area contributed by atoms with Gasteiger partial charge in [0.15, 0.2) is 0 Å². The Morgan fingerprint density at radius 1 is 1.07 bits per heavy atom. The molecule has 0 aliphatic heterocycles. The molecule has 2 nitrogen and oxygen atoms in total. The number of rotatable bonds is 8. The summed E-state index contributed by atoms with van der Waals surface area (Å²) in [7, 11) is 1.68. The van der Waals surface area contributed by atoms with E-state index in [1.54, 1.807) is 7.11 Å². The first-order chi connectivity index (χ1) is 7.35. The molecule has 0 spiro atoms. The number of hydrogen-bond acceptors (Lipinski definition) is 2. The minimum absolute atomic E-state index is 0.666. The molecule has 0 aliphatic carbocycles. The van der Waals surface area contributed by atoms with Gasteiger partial charge in [-0.15, -0.1) is 0 Å². The topological polar surface area (TPSA) is 18.5 Å². The Labute approximate surface area is 93.3 Å². The number of ether oxygens (including phenoxy) is 2. The predicted octanol–water partition coefficient (Wildman–Crippen LogP) is 3.12. The van der Waals surface area contributed by atoms with Gasteiger partial charge >= 0.3 is 0 Å². The van der Waals surface area contributed by atoms with Crippen molar-refractivity contribution in [2.45, 2.75) is 20.3 Å². The van der Waals surface area contributed by atoms with Crippen molar-refractivity contribution in [3.05, 3.63) is 36.0 Å². The summed E-state index contributed by atoms with van der Waals surface area (Å²) in [5, 5.41) is 0. The molecule has 0 N–H and O–H groups in total. The van der Waals surface area contributed by atoms with Crippen molar-refractivity contribution in [1.29, 1.82) is 0 Å². The van der Waals surface area contributed by atoms with Crippen molar-refractivity contribution in [3.8, 4) is 0 Å². The van der Waals surface area contributed by atoms with Gasteiger partial charge in [0.2, 0.25) is 0 Å². The summed E-state index contributed by atoms with van der Waals surface area (Å²) < 4.78 is 10.3. The average molecular weight is 210 g/mol. The quantitative estimate of drug-likeness (QED) is 0.452. The minimum atomic E-state index is 0.666. The van der Waals surface area contributed by atoms with Crippen molar-refractivity contribution in [3.63, 3.8) is 0 Å². The second-order valence-corrected chi connectivity index (χ2v) is 3.10. The average Bonchev–Trinajstić information content (AvgIpc) is 2.26. The summed E-state index contributed by atoms with van der Waals surface area (Å²) in [4.78, 5) is 0. The molecule has 0 aromatic heterocycles. The molecule has 0 saturated heterocycles. The van der Waals surface area contributed by atoms with Crippen LogP contribution < -0.4 is 0 Å². The van der Waals surface area contributed by atoms with E-state index in [2.05, 4.69) is 12.2 Å². The van der Waals surface area contributed by atoms with Crippen molar-refractivity contribution in [1.82, 2.24) is 0 Å². The van der Waals surface area contributed by atoms with Gasteiger partial charge in [-0.25, -0.2) is 0 Å². The third-order valence-electron chi connectivity index (χ3n) is 1.95. The first kappa shape index (κ1) is 14.1. The molecule has 0 bridgehead atoms. The van der Waals surface area contributed by atoms with Gasteiger partial charge in [0.05, 0.1) is 19.8 Å². The number of allylic oxidation sites excluding steroid dienone is 5. The van der Waals surface area contributed by atoms with Gasteiger partial charge in [-0.3, -0.25) is 0 Å². The largest absolute Gasteiger partial charge is 0.382 e. The smallest absolute Gasteiger partial charge is 0.0700 e. The summed E-state index contributed by atoms with van der Waals surface area (Å²) in [6.07, 6.45) is 11.3. The fourth-order valence-corrected chi connectivity index (χ4v) is 1.05. The maximum atomic E-state index is 5.39. The summed E-state index contributed by atoms with van der Waals surface area (Å²) in [5.74, 6) is 0. The van der Waals surface area contributed by atoms with Crippen molar-refractivity contribution in [2.75, 3.05) is 26.9 Å². The third-order valence-corrected chi connectivity index (χ3v) is 1.95. The first-order valence-electron chi connectivity index (χ1n) is 5.36. The van der Waals surface area contributed by atoms with Crippen molar-refractivity contribution < 1.29 is 9.47 Å². The van der Waals surface area contributed by atoms with Gasteiger partial charge < -0.3 is 9.47 Å². The zero-order chi connectivity index (χ0) is 11.4. The second kappa shape index (κ2) is 11.2. The van der Waals surface area contributed by atoms with E-state index in [9.17, 15) is 0 Å². The summed E-state index contributed by atoms with van der Waals surface area (Å²) >= 11 is 0. The van der Waals surface area contributed by atoms with Crippen molar-refractivity contribution >= 4 is 0 Å². The molecule has 0 aromatic carbocycles. The molecule has 86 valence electrons. The first-order valence-corrected chi connectivity index (χ1v) is 5.36. The van der Waals surface area contributed by atoms with Crippen LogP contribution in [0.4, 0.5) is 0 Å². The van der Waals surface area contributed by atoms with Crippen molar-refractivity contribution in [2.24, 2.45) is 0 Å². The fraction of sp³-hybridized carbons (Fsp3) is 0.538. The third kappa shape index (κ3) is 9.44. The Hall–Kier alpha value is -0.860. The lowest BCUT2D eigenvalue weighted by Crippen LogP contribution is -2.03. The Morgan fingerprint density at radius 3 is 2.47 bits per heavy atom. The lowest BCUT2D eigenvalue weighted by atomic mass is 10.1. The molecule has 0 rings (SSSR count). The lowest BCUT2D eigenvalue weighted by Gasteiger charge is -2.03. The van der Waals surface area contributed by atoms with Crippen LogP contribution in [0, 0.1) is 0 Å². The van der Waals surface area contributed by atoms with E-state index in [-0.39, 0.29) is 0 Å². The molecule has 0 radical (unpaired) electrons. The highest BCUT2D eigenvalue weighted by Gasteiger charge is 1.91. The summed E-state index contributed by atoms with van der Waals surface area (Å²) in [6, 6.07) is 0. The Kier molecular flexibility index (Phi) is 10.6. The molecular formula is C13H22O2. The van der Waals surface area contributed by atoms with Crippen LogP contribution in [0.1, 0.15) is 20.3 Å². The van der Waals surface area contributed by atoms with E-state index in [0.717, 1.165) is 13.0 Å². The normalized spacial score (nSPS) is 13.1. The van der Waals surface area contributed by atoms with E-state index in [1.807, 2.05) is 32.1 Å². The molecule has 0 amide bonds. The number of hydrogen-bond donors (Lipinski definition) is 0. The number of methoxy groups -OCH3 is 1. The SMILES string of the molecule is C\C=C/C=C\C(=C/C)CCOCCOC. The highest BCUT2D eigenvalue weighted by Crippen LogP contribution is 2.03. The van der Waals surface area contributed by atoms with Gasteiger partial charge in [-0.05, 0) is 20.3 Å². The zero-order valence-electron chi connectivity index (χ0n) is 10.0. The monoisotopic (exact) mass is 210 g/mol. The molecule has 0 aromatic rings. The minimum Gasteiger partial charge on any atom is -0.382 e. The summed E-state index contributed by atoms with van der Waals surface area (Å²) in [5.41, 5.74) is 1.30. The molecule has 0 atom stereocenters. The lowest BCUT2D eigenvalue weighted by molar-refractivity contribution is 0.0725. The zero-order valence-corrected chi connectivity index (χ0v) is 10.0. The standard InChI is InChI=1S/C13H22O2/c1-4-6-7-8-13(5-2)9-10-15-12-11-14-3/h4-8H,9-12H2,1-3H3/b6-4-,8-7-,13-5+. The fourth-order valence-electron chi connectivity index (χ4n) is 1.05. The Morgan fingerprint density at radius 2 is 1.87 bits per heavy atom. The molecule has 0 heterocycles. The molecule has 2 heteroatoms. The van der Waals surface area contributed by atoms with Crippen LogP contribution in [0.5, 0.6) is 0 Å². The van der Waals surface area contributed by atoms with E-state index < -0.39 is 0 Å². The maximum absolute atomic E-state index is 5.39.